The predicted octanol–water partition coefficient (Wildman–Crippen LogP) is 4.94. The van der Waals surface area contributed by atoms with E-state index in [0.717, 1.165) is 55.5 Å². The standard InChI is InChI=1S/C33H49BN2O6/c1-19-20(12-13-34-41-27-16-22-15-26(32(22,5)6)33(27,7)42-34)9-11-25(28(19)30(38)40-31(2,3)4)39-24-17-36(18-24)29(37)21-8-10-23(35)14-21/h9,11,21-24,26-27H,8,10,12-18,35H2,1-7H3/t21-,22-,23+,26-,27+,33-/m0/s1. The monoisotopic (exact) mass is 580 g/mol. The fourth-order valence-electron chi connectivity index (χ4n) is 8.40. The van der Waals surface area contributed by atoms with Crippen LogP contribution in [0.2, 0.25) is 6.32 Å². The molecule has 0 unspecified atom stereocenters. The molecule has 6 atom stereocenters. The Kier molecular flexibility index (Phi) is 7.50. The van der Waals surface area contributed by atoms with E-state index in [1.807, 2.05) is 44.7 Å². The van der Waals surface area contributed by atoms with Crippen LogP contribution in [-0.2, 0) is 25.3 Å². The number of rotatable bonds is 7. The summed E-state index contributed by atoms with van der Waals surface area (Å²) in [5.41, 5.74) is 7.86. The topological polar surface area (TPSA) is 100 Å². The second kappa shape index (κ2) is 10.5. The lowest BCUT2D eigenvalue weighted by Crippen LogP contribution is -2.65. The minimum absolute atomic E-state index is 0.0244. The zero-order valence-corrected chi connectivity index (χ0v) is 26.5. The second-order valence-electron chi connectivity index (χ2n) is 15.4. The van der Waals surface area contributed by atoms with Crippen LogP contribution in [0.1, 0.15) is 95.1 Å². The lowest BCUT2D eigenvalue weighted by atomic mass is 9.43. The average molecular weight is 581 g/mol. The maximum absolute atomic E-state index is 13.5. The zero-order valence-electron chi connectivity index (χ0n) is 26.5. The van der Waals surface area contributed by atoms with E-state index < -0.39 is 11.6 Å². The molecule has 6 fully saturated rings. The highest BCUT2D eigenvalue weighted by molar-refractivity contribution is 6.45. The Morgan fingerprint density at radius 3 is 2.50 bits per heavy atom. The van der Waals surface area contributed by atoms with E-state index >= 15 is 0 Å². The quantitative estimate of drug-likeness (QED) is 0.360. The summed E-state index contributed by atoms with van der Waals surface area (Å²) in [5, 5.41) is 0. The molecule has 1 aromatic carbocycles. The number of ether oxygens (including phenoxy) is 2. The molecule has 0 aromatic heterocycles. The van der Waals surface area contributed by atoms with Gasteiger partial charge >= 0.3 is 13.1 Å². The third-order valence-corrected chi connectivity index (χ3v) is 11.1. The van der Waals surface area contributed by atoms with Gasteiger partial charge in [0.05, 0.1) is 24.8 Å². The number of carbonyl (C=O) groups excluding carboxylic acids is 2. The van der Waals surface area contributed by atoms with E-state index in [-0.39, 0.29) is 42.8 Å². The fraction of sp³-hybridized carbons (Fsp3) is 0.758. The Bertz CT molecular complexity index is 1240. The average Bonchev–Trinajstić information content (AvgIpc) is 3.45. The first kappa shape index (κ1) is 30.0. The molecule has 9 heteroatoms. The van der Waals surface area contributed by atoms with Crippen LogP contribution < -0.4 is 10.5 Å². The molecule has 2 heterocycles. The van der Waals surface area contributed by atoms with Crippen molar-refractivity contribution in [2.45, 2.75) is 123 Å². The molecule has 230 valence electrons. The number of likely N-dealkylation sites (tertiary alicyclic amines) is 1. The molecule has 1 amide bonds. The fourth-order valence-corrected chi connectivity index (χ4v) is 8.40. The van der Waals surface area contributed by atoms with Gasteiger partial charge in [-0.2, -0.15) is 0 Å². The van der Waals surface area contributed by atoms with E-state index in [1.165, 1.54) is 6.42 Å². The molecule has 0 radical (unpaired) electrons. The minimum Gasteiger partial charge on any atom is -0.486 e. The van der Waals surface area contributed by atoms with E-state index in [0.29, 0.717) is 35.7 Å². The number of nitrogens with zero attached hydrogens (tertiary/aromatic N) is 1. The van der Waals surface area contributed by atoms with Gasteiger partial charge < -0.3 is 29.4 Å². The van der Waals surface area contributed by atoms with Gasteiger partial charge in [0.1, 0.15) is 23.0 Å². The number of esters is 1. The van der Waals surface area contributed by atoms with E-state index in [1.54, 1.807) is 0 Å². The van der Waals surface area contributed by atoms with Gasteiger partial charge in [0.2, 0.25) is 5.91 Å². The number of hydrogen-bond donors (Lipinski definition) is 1. The van der Waals surface area contributed by atoms with Crippen molar-refractivity contribution in [1.82, 2.24) is 4.90 Å². The normalized spacial score (nSPS) is 33.6. The first-order chi connectivity index (χ1) is 19.7. The highest BCUT2D eigenvalue weighted by atomic mass is 16.7. The Balaban J connectivity index is 1.13. The van der Waals surface area contributed by atoms with Crippen LogP contribution in [-0.4, -0.2) is 66.4 Å². The van der Waals surface area contributed by atoms with Gasteiger partial charge in [-0.05, 0) is 114 Å². The predicted molar refractivity (Wildman–Crippen MR) is 161 cm³/mol. The molecule has 2 aliphatic heterocycles. The van der Waals surface area contributed by atoms with Crippen LogP contribution in [0.15, 0.2) is 12.1 Å². The number of aryl methyl sites for hydroxylation is 1. The minimum atomic E-state index is -0.635. The van der Waals surface area contributed by atoms with Crippen LogP contribution in [0.25, 0.3) is 0 Å². The van der Waals surface area contributed by atoms with Crippen molar-refractivity contribution in [2.24, 2.45) is 28.9 Å². The lowest BCUT2D eigenvalue weighted by molar-refractivity contribution is -0.199. The highest BCUT2D eigenvalue weighted by Gasteiger charge is 2.67. The maximum Gasteiger partial charge on any atom is 0.457 e. The van der Waals surface area contributed by atoms with Gasteiger partial charge in [0, 0.05) is 12.0 Å². The summed E-state index contributed by atoms with van der Waals surface area (Å²) >= 11 is 0. The van der Waals surface area contributed by atoms with Gasteiger partial charge in [0.15, 0.2) is 0 Å². The second-order valence-corrected chi connectivity index (χ2v) is 15.4. The van der Waals surface area contributed by atoms with Crippen LogP contribution in [0, 0.1) is 30.1 Å². The molecule has 0 spiro atoms. The van der Waals surface area contributed by atoms with Crippen molar-refractivity contribution in [3.05, 3.63) is 28.8 Å². The van der Waals surface area contributed by atoms with E-state index in [4.69, 9.17) is 24.5 Å². The molecule has 2 saturated heterocycles. The van der Waals surface area contributed by atoms with Crippen molar-refractivity contribution < 1.29 is 28.4 Å². The third-order valence-electron chi connectivity index (χ3n) is 11.1. The van der Waals surface area contributed by atoms with Gasteiger partial charge in [-0.15, -0.1) is 0 Å². The number of carbonyl (C=O) groups is 2. The first-order valence-corrected chi connectivity index (χ1v) is 16.1. The SMILES string of the molecule is Cc1c(CCB2O[C@@H]3C[C@@H]4C[C@@H](C4(C)C)[C@]3(C)O2)ccc(OC2CN(C(=O)[C@H]3CC[C@@H](N)C3)C2)c1C(=O)OC(C)(C)C. The van der Waals surface area contributed by atoms with E-state index in [2.05, 4.69) is 20.8 Å². The molecule has 2 N–H and O–H groups in total. The van der Waals surface area contributed by atoms with E-state index in [9.17, 15) is 9.59 Å². The number of hydrogen-bond acceptors (Lipinski definition) is 7. The first-order valence-electron chi connectivity index (χ1n) is 16.1. The Labute approximate surface area is 251 Å². The number of nitrogens with two attached hydrogens (primary N) is 1. The molecule has 7 rings (SSSR count). The summed E-state index contributed by atoms with van der Waals surface area (Å²) in [7, 11) is -0.247. The van der Waals surface area contributed by atoms with Crippen molar-refractivity contribution in [1.29, 1.82) is 0 Å². The lowest BCUT2D eigenvalue weighted by Gasteiger charge is -2.64. The van der Waals surface area contributed by atoms with Crippen molar-refractivity contribution in [3.63, 3.8) is 0 Å². The summed E-state index contributed by atoms with van der Waals surface area (Å²) in [6.45, 7) is 15.6. The van der Waals surface area contributed by atoms with Crippen molar-refractivity contribution in [3.8, 4) is 5.75 Å². The molecule has 4 saturated carbocycles. The van der Waals surface area contributed by atoms with Crippen LogP contribution >= 0.6 is 0 Å². The van der Waals surface area contributed by atoms with Gasteiger partial charge in [-0.3, -0.25) is 4.79 Å². The largest absolute Gasteiger partial charge is 0.486 e. The molecule has 8 nitrogen and oxygen atoms in total. The van der Waals surface area contributed by atoms with Gasteiger partial charge in [-0.25, -0.2) is 4.79 Å². The van der Waals surface area contributed by atoms with Crippen LogP contribution in [0.4, 0.5) is 0 Å². The van der Waals surface area contributed by atoms with Crippen LogP contribution in [0.5, 0.6) is 5.75 Å². The molecule has 1 aromatic rings. The zero-order chi connectivity index (χ0) is 30.2. The Morgan fingerprint density at radius 2 is 1.86 bits per heavy atom. The highest BCUT2D eigenvalue weighted by Crippen LogP contribution is 2.65. The smallest absolute Gasteiger partial charge is 0.457 e. The molecule has 42 heavy (non-hydrogen) atoms. The summed E-state index contributed by atoms with van der Waals surface area (Å²) in [6, 6.07) is 4.06. The number of benzene rings is 1. The summed E-state index contributed by atoms with van der Waals surface area (Å²) in [4.78, 5) is 28.2. The third kappa shape index (κ3) is 5.28. The summed E-state index contributed by atoms with van der Waals surface area (Å²) in [6.07, 6.45) is 6.29. The number of amides is 1. The molecular weight excluding hydrogens is 531 g/mol. The molecular formula is C33H49BN2O6. The van der Waals surface area contributed by atoms with Gasteiger partial charge in [-0.1, -0.05) is 19.9 Å². The van der Waals surface area contributed by atoms with Crippen molar-refractivity contribution >= 4 is 19.0 Å². The Hall–Kier alpha value is -2.10. The molecule has 4 aliphatic carbocycles. The summed E-state index contributed by atoms with van der Waals surface area (Å²) in [5.74, 6) is 1.57. The molecule has 6 aliphatic rings. The maximum atomic E-state index is 13.5. The summed E-state index contributed by atoms with van der Waals surface area (Å²) < 4.78 is 25.3. The van der Waals surface area contributed by atoms with Crippen LogP contribution in [0.3, 0.4) is 0 Å². The van der Waals surface area contributed by atoms with Gasteiger partial charge in [0.25, 0.3) is 0 Å². The van der Waals surface area contributed by atoms with Crippen molar-refractivity contribution in [2.75, 3.05) is 13.1 Å². The Morgan fingerprint density at radius 1 is 1.12 bits per heavy atom. The molecule has 2 bridgehead atoms.